The summed E-state index contributed by atoms with van der Waals surface area (Å²) in [4.78, 5) is 0. The first kappa shape index (κ1) is 15.9. The van der Waals surface area contributed by atoms with Crippen LogP contribution in [0.2, 0.25) is 10.0 Å². The van der Waals surface area contributed by atoms with Crippen LogP contribution in [0.5, 0.6) is 11.5 Å². The van der Waals surface area contributed by atoms with Crippen LogP contribution in [0.15, 0.2) is 16.3 Å². The van der Waals surface area contributed by atoms with E-state index in [0.717, 1.165) is 0 Å². The van der Waals surface area contributed by atoms with Crippen molar-refractivity contribution in [1.29, 1.82) is 0 Å². The molecule has 0 saturated heterocycles. The number of nitrogens with zero attached hydrogens (tertiary/aromatic N) is 4. The zero-order chi connectivity index (χ0) is 15.6. The van der Waals surface area contributed by atoms with Crippen LogP contribution in [-0.4, -0.2) is 37.6 Å². The number of phenolic OH excluding ortho intramolecular Hbond substituents is 2. The fourth-order valence-electron chi connectivity index (χ4n) is 1.59. The van der Waals surface area contributed by atoms with E-state index in [-0.39, 0.29) is 27.1 Å². The van der Waals surface area contributed by atoms with Crippen LogP contribution >= 0.6 is 35.0 Å². The quantitative estimate of drug-likeness (QED) is 0.656. The molecule has 0 radical (unpaired) electrons. The normalized spacial score (nSPS) is 11.4. The predicted octanol–water partition coefficient (Wildman–Crippen LogP) is 3.16. The average Bonchev–Trinajstić information content (AvgIpc) is 2.89. The van der Waals surface area contributed by atoms with Gasteiger partial charge in [0.15, 0.2) is 11.6 Å². The highest BCUT2D eigenvalue weighted by atomic mass is 35.5. The second-order valence-corrected chi connectivity index (χ2v) is 5.53. The lowest BCUT2D eigenvalue weighted by Crippen LogP contribution is -1.99. The van der Waals surface area contributed by atoms with Gasteiger partial charge in [-0.1, -0.05) is 41.9 Å². The Morgan fingerprint density at radius 1 is 1.33 bits per heavy atom. The number of aromatic hydroxyl groups is 2. The van der Waals surface area contributed by atoms with Gasteiger partial charge >= 0.3 is 0 Å². The van der Waals surface area contributed by atoms with Gasteiger partial charge in [-0.25, -0.2) is 0 Å². The molecule has 0 spiro atoms. The van der Waals surface area contributed by atoms with Gasteiger partial charge in [0, 0.05) is 12.0 Å². The molecule has 0 bridgehead atoms. The summed E-state index contributed by atoms with van der Waals surface area (Å²) in [5.74, 6) is 0.0292. The Morgan fingerprint density at radius 3 is 2.67 bits per heavy atom. The number of rotatable bonds is 4. The number of halogens is 2. The van der Waals surface area contributed by atoms with Gasteiger partial charge < -0.3 is 10.2 Å². The molecule has 1 heterocycles. The number of phenols is 2. The van der Waals surface area contributed by atoms with E-state index in [1.165, 1.54) is 24.0 Å². The molecule has 2 rings (SSSR count). The molecule has 0 aliphatic carbocycles. The van der Waals surface area contributed by atoms with Crippen molar-refractivity contribution in [3.05, 3.63) is 27.5 Å². The van der Waals surface area contributed by atoms with Gasteiger partial charge in [0.05, 0.1) is 11.2 Å². The molecule has 0 saturated carbocycles. The van der Waals surface area contributed by atoms with E-state index in [2.05, 4.69) is 15.3 Å². The second-order valence-electron chi connectivity index (χ2n) is 3.97. The lowest BCUT2D eigenvalue weighted by Gasteiger charge is -2.06. The summed E-state index contributed by atoms with van der Waals surface area (Å²) in [6, 6.07) is 1.37. The summed E-state index contributed by atoms with van der Waals surface area (Å²) >= 11 is 13.0. The molecular formula is C12H12Cl2N4O2S. The van der Waals surface area contributed by atoms with E-state index in [4.69, 9.17) is 23.2 Å². The van der Waals surface area contributed by atoms with Crippen molar-refractivity contribution in [2.24, 2.45) is 5.10 Å². The van der Waals surface area contributed by atoms with Crippen LogP contribution in [-0.2, 0) is 6.42 Å². The molecule has 2 aromatic rings. The molecule has 2 N–H and O–H groups in total. The highest BCUT2D eigenvalue weighted by Gasteiger charge is 2.14. The highest BCUT2D eigenvalue weighted by Crippen LogP contribution is 2.40. The first-order valence-electron chi connectivity index (χ1n) is 5.92. The Bertz CT molecular complexity index is 682. The van der Waals surface area contributed by atoms with E-state index in [1.807, 2.05) is 13.2 Å². The highest BCUT2D eigenvalue weighted by molar-refractivity contribution is 7.98. The van der Waals surface area contributed by atoms with Crippen LogP contribution in [0, 0.1) is 0 Å². The Hall–Kier alpha value is -1.44. The zero-order valence-corrected chi connectivity index (χ0v) is 13.5. The molecular weight excluding hydrogens is 335 g/mol. The minimum Gasteiger partial charge on any atom is -0.506 e. The molecule has 112 valence electrons. The molecule has 9 heteroatoms. The average molecular weight is 347 g/mol. The third kappa shape index (κ3) is 3.09. The van der Waals surface area contributed by atoms with Crippen LogP contribution in [0.3, 0.4) is 0 Å². The van der Waals surface area contributed by atoms with Crippen LogP contribution in [0.4, 0.5) is 0 Å². The lowest BCUT2D eigenvalue weighted by molar-refractivity contribution is 0.450. The van der Waals surface area contributed by atoms with E-state index < -0.39 is 0 Å². The number of thioether (sulfide) groups is 1. The van der Waals surface area contributed by atoms with Gasteiger partial charge in [0.2, 0.25) is 5.16 Å². The molecule has 1 aromatic heterocycles. The largest absolute Gasteiger partial charge is 0.506 e. The zero-order valence-electron chi connectivity index (χ0n) is 11.2. The van der Waals surface area contributed by atoms with Gasteiger partial charge in [-0.05, 0) is 12.3 Å². The first-order chi connectivity index (χ1) is 9.99. The van der Waals surface area contributed by atoms with Crippen molar-refractivity contribution in [2.45, 2.75) is 18.5 Å². The summed E-state index contributed by atoms with van der Waals surface area (Å²) in [6.45, 7) is 1.94. The van der Waals surface area contributed by atoms with Gasteiger partial charge in [0.1, 0.15) is 10.8 Å². The Labute approximate surface area is 135 Å². The van der Waals surface area contributed by atoms with Crippen molar-refractivity contribution in [3.63, 3.8) is 0 Å². The van der Waals surface area contributed by atoms with Crippen LogP contribution in [0.25, 0.3) is 0 Å². The number of aromatic nitrogens is 3. The van der Waals surface area contributed by atoms with Crippen molar-refractivity contribution < 1.29 is 10.2 Å². The summed E-state index contributed by atoms with van der Waals surface area (Å²) in [7, 11) is 0. The minimum absolute atomic E-state index is 0.0313. The summed E-state index contributed by atoms with van der Waals surface area (Å²) in [5.41, 5.74) is 0.283. The molecule has 0 aliphatic heterocycles. The van der Waals surface area contributed by atoms with Gasteiger partial charge in [-0.2, -0.15) is 9.78 Å². The second kappa shape index (κ2) is 6.55. The van der Waals surface area contributed by atoms with Gasteiger partial charge in [-0.15, -0.1) is 10.2 Å². The Morgan fingerprint density at radius 2 is 2.05 bits per heavy atom. The molecule has 0 fully saturated rings. The van der Waals surface area contributed by atoms with Crippen molar-refractivity contribution in [3.8, 4) is 11.5 Å². The third-order valence-corrected chi connectivity index (χ3v) is 3.95. The monoisotopic (exact) mass is 346 g/mol. The fraction of sp³-hybridized carbons (Fsp3) is 0.250. The number of hydrogen-bond donors (Lipinski definition) is 2. The standard InChI is InChI=1S/C12H12Cl2N4O2S/c1-3-8-16-17-12(21-2)18(8)15-5-6-4-7(13)11(20)9(14)10(6)19/h4-5,19-20H,3H2,1-2H3/b15-5-. The Balaban J connectivity index is 2.45. The smallest absolute Gasteiger partial charge is 0.211 e. The minimum atomic E-state index is -0.365. The van der Waals surface area contributed by atoms with Crippen LogP contribution in [0.1, 0.15) is 18.3 Å². The summed E-state index contributed by atoms with van der Waals surface area (Å²) < 4.78 is 1.57. The van der Waals surface area contributed by atoms with E-state index >= 15 is 0 Å². The molecule has 6 nitrogen and oxygen atoms in total. The third-order valence-electron chi connectivity index (χ3n) is 2.69. The molecule has 0 atom stereocenters. The lowest BCUT2D eigenvalue weighted by atomic mass is 10.2. The SMILES string of the molecule is CCc1nnc(SC)n1/N=C\c1cc(Cl)c(O)c(Cl)c1O. The Kier molecular flexibility index (Phi) is 4.97. The van der Waals surface area contributed by atoms with Gasteiger partial charge in [-0.3, -0.25) is 0 Å². The number of aryl methyl sites for hydroxylation is 1. The first-order valence-corrected chi connectivity index (χ1v) is 7.90. The van der Waals surface area contributed by atoms with Gasteiger partial charge in [0.25, 0.3) is 0 Å². The summed E-state index contributed by atoms with van der Waals surface area (Å²) in [5, 5.41) is 32.1. The maximum absolute atomic E-state index is 9.90. The van der Waals surface area contributed by atoms with E-state index in [9.17, 15) is 10.2 Å². The fourth-order valence-corrected chi connectivity index (χ4v) is 2.51. The molecule has 1 aromatic carbocycles. The molecule has 0 aliphatic rings. The van der Waals surface area contributed by atoms with Crippen molar-refractivity contribution in [2.75, 3.05) is 6.26 Å². The molecule has 0 unspecified atom stereocenters. The topological polar surface area (TPSA) is 83.5 Å². The van der Waals surface area contributed by atoms with E-state index in [0.29, 0.717) is 17.4 Å². The van der Waals surface area contributed by atoms with Crippen LogP contribution < -0.4 is 0 Å². The summed E-state index contributed by atoms with van der Waals surface area (Å²) in [6.07, 6.45) is 3.91. The van der Waals surface area contributed by atoms with E-state index in [1.54, 1.807) is 4.68 Å². The maximum Gasteiger partial charge on any atom is 0.211 e. The van der Waals surface area contributed by atoms with Crippen molar-refractivity contribution in [1.82, 2.24) is 14.9 Å². The molecule has 0 amide bonds. The maximum atomic E-state index is 9.90. The molecule has 21 heavy (non-hydrogen) atoms. The predicted molar refractivity (Wildman–Crippen MR) is 84.0 cm³/mol. The number of benzene rings is 1. The van der Waals surface area contributed by atoms with Crippen molar-refractivity contribution >= 4 is 41.2 Å². The number of hydrogen-bond acceptors (Lipinski definition) is 6.